The second-order valence-electron chi connectivity index (χ2n) is 7.33. The van der Waals surface area contributed by atoms with Crippen LogP contribution in [0.2, 0.25) is 10.0 Å². The molecule has 0 atom stereocenters. The SMILES string of the molecule is CC(C)N(CCn1ncc2c(NC(=O)c3ccc(Cl)cc3Cl)ncnc21)C(C)C.Cl. The third-order valence-corrected chi connectivity index (χ3v) is 5.29. The number of hydrogen-bond acceptors (Lipinski definition) is 5. The fourth-order valence-corrected chi connectivity index (χ4v) is 3.82. The maximum atomic E-state index is 12.6. The normalized spacial score (nSPS) is 11.4. The molecule has 0 radical (unpaired) electrons. The van der Waals surface area contributed by atoms with Gasteiger partial charge in [0, 0.05) is 23.7 Å². The van der Waals surface area contributed by atoms with Gasteiger partial charge >= 0.3 is 0 Å². The third-order valence-electron chi connectivity index (χ3n) is 4.74. The molecular formula is C20H25Cl3N6O. The largest absolute Gasteiger partial charge is 0.306 e. The van der Waals surface area contributed by atoms with Gasteiger partial charge in [-0.3, -0.25) is 9.69 Å². The van der Waals surface area contributed by atoms with Gasteiger partial charge in [-0.25, -0.2) is 14.6 Å². The summed E-state index contributed by atoms with van der Waals surface area (Å²) in [7, 11) is 0. The van der Waals surface area contributed by atoms with Gasteiger partial charge in [0.15, 0.2) is 5.65 Å². The smallest absolute Gasteiger partial charge is 0.258 e. The van der Waals surface area contributed by atoms with Crippen molar-refractivity contribution in [1.82, 2.24) is 24.6 Å². The molecule has 7 nitrogen and oxygen atoms in total. The van der Waals surface area contributed by atoms with E-state index in [2.05, 4.69) is 53.0 Å². The molecule has 3 rings (SSSR count). The molecule has 0 bridgehead atoms. The molecule has 1 aromatic carbocycles. The number of benzene rings is 1. The first-order chi connectivity index (χ1) is 13.8. The molecular weight excluding hydrogens is 447 g/mol. The highest BCUT2D eigenvalue weighted by Gasteiger charge is 2.17. The minimum absolute atomic E-state index is 0. The molecule has 0 saturated heterocycles. The Bertz CT molecular complexity index is 1010. The monoisotopic (exact) mass is 470 g/mol. The Hall–Kier alpha value is -1.93. The lowest BCUT2D eigenvalue weighted by molar-refractivity contribution is 0.102. The summed E-state index contributed by atoms with van der Waals surface area (Å²) in [5.74, 6) is 0.0204. The highest BCUT2D eigenvalue weighted by atomic mass is 35.5. The number of hydrogen-bond donors (Lipinski definition) is 1. The zero-order valence-corrected chi connectivity index (χ0v) is 19.6. The number of amides is 1. The van der Waals surface area contributed by atoms with E-state index in [1.807, 2.05) is 4.68 Å². The van der Waals surface area contributed by atoms with Crippen molar-refractivity contribution in [2.75, 3.05) is 11.9 Å². The average molecular weight is 472 g/mol. The third kappa shape index (κ3) is 5.40. The zero-order valence-electron chi connectivity index (χ0n) is 17.3. The summed E-state index contributed by atoms with van der Waals surface area (Å²) in [6.45, 7) is 10.3. The second-order valence-corrected chi connectivity index (χ2v) is 8.17. The highest BCUT2D eigenvalue weighted by molar-refractivity contribution is 6.37. The molecule has 2 heterocycles. The molecule has 0 fully saturated rings. The summed E-state index contributed by atoms with van der Waals surface area (Å²) in [6.07, 6.45) is 3.09. The van der Waals surface area contributed by atoms with E-state index in [9.17, 15) is 4.79 Å². The Morgan fingerprint density at radius 3 is 2.50 bits per heavy atom. The molecule has 162 valence electrons. The lowest BCUT2D eigenvalue weighted by Crippen LogP contribution is -2.39. The lowest BCUT2D eigenvalue weighted by Gasteiger charge is -2.30. The van der Waals surface area contributed by atoms with Gasteiger partial charge in [-0.2, -0.15) is 5.10 Å². The van der Waals surface area contributed by atoms with E-state index < -0.39 is 0 Å². The first kappa shape index (κ1) is 24.3. The Morgan fingerprint density at radius 1 is 1.17 bits per heavy atom. The van der Waals surface area contributed by atoms with Gasteiger partial charge in [0.25, 0.3) is 5.91 Å². The molecule has 0 aliphatic carbocycles. The van der Waals surface area contributed by atoms with Crippen molar-refractivity contribution in [3.8, 4) is 0 Å². The molecule has 30 heavy (non-hydrogen) atoms. The molecule has 2 aromatic heterocycles. The van der Waals surface area contributed by atoms with Gasteiger partial charge in [-0.1, -0.05) is 23.2 Å². The van der Waals surface area contributed by atoms with Crippen LogP contribution in [0.15, 0.2) is 30.7 Å². The molecule has 0 aliphatic heterocycles. The lowest BCUT2D eigenvalue weighted by atomic mass is 10.2. The Kier molecular flexibility index (Phi) is 8.43. The molecule has 3 aromatic rings. The fraction of sp³-hybridized carbons (Fsp3) is 0.400. The van der Waals surface area contributed by atoms with E-state index in [1.165, 1.54) is 12.4 Å². The quantitative estimate of drug-likeness (QED) is 0.529. The number of fused-ring (bicyclic) bond motifs is 1. The summed E-state index contributed by atoms with van der Waals surface area (Å²) >= 11 is 12.0. The topological polar surface area (TPSA) is 75.9 Å². The van der Waals surface area contributed by atoms with Crippen LogP contribution in [0.25, 0.3) is 11.0 Å². The van der Waals surface area contributed by atoms with Gasteiger partial charge in [0.2, 0.25) is 0 Å². The number of nitrogens with zero attached hydrogens (tertiary/aromatic N) is 5. The second kappa shape index (κ2) is 10.4. The molecule has 10 heteroatoms. The van der Waals surface area contributed by atoms with Crippen LogP contribution in [0.4, 0.5) is 5.82 Å². The fourth-order valence-electron chi connectivity index (χ4n) is 3.33. The van der Waals surface area contributed by atoms with E-state index in [0.29, 0.717) is 46.1 Å². The van der Waals surface area contributed by atoms with Gasteiger partial charge in [-0.05, 0) is 45.9 Å². The summed E-state index contributed by atoms with van der Waals surface area (Å²) in [6, 6.07) is 5.59. The molecule has 0 saturated carbocycles. The van der Waals surface area contributed by atoms with Crippen LogP contribution in [0.3, 0.4) is 0 Å². The number of carbonyl (C=O) groups is 1. The predicted molar refractivity (Wildman–Crippen MR) is 124 cm³/mol. The van der Waals surface area contributed by atoms with Crippen LogP contribution in [0.1, 0.15) is 38.1 Å². The first-order valence-corrected chi connectivity index (χ1v) is 10.2. The van der Waals surface area contributed by atoms with Crippen molar-refractivity contribution in [2.45, 2.75) is 46.3 Å². The van der Waals surface area contributed by atoms with Crippen molar-refractivity contribution >= 4 is 58.4 Å². The minimum atomic E-state index is -0.370. The van der Waals surface area contributed by atoms with E-state index in [-0.39, 0.29) is 23.3 Å². The van der Waals surface area contributed by atoms with E-state index >= 15 is 0 Å². The predicted octanol–water partition coefficient (Wildman–Crippen LogP) is 4.93. The van der Waals surface area contributed by atoms with Crippen molar-refractivity contribution in [3.05, 3.63) is 46.3 Å². The van der Waals surface area contributed by atoms with Crippen LogP contribution in [0.5, 0.6) is 0 Å². The maximum Gasteiger partial charge on any atom is 0.258 e. The van der Waals surface area contributed by atoms with Crippen molar-refractivity contribution in [1.29, 1.82) is 0 Å². The highest BCUT2D eigenvalue weighted by Crippen LogP contribution is 2.24. The number of rotatable bonds is 7. The van der Waals surface area contributed by atoms with Gasteiger partial charge in [-0.15, -0.1) is 12.4 Å². The van der Waals surface area contributed by atoms with Gasteiger partial charge < -0.3 is 5.32 Å². The molecule has 1 N–H and O–H groups in total. The summed E-state index contributed by atoms with van der Waals surface area (Å²) in [5, 5.41) is 8.66. The standard InChI is InChI=1S/C20H24Cl2N6O.ClH/c1-12(2)27(13(3)4)7-8-28-19-16(10-25-28)18(23-11-24-19)26-20(29)15-6-5-14(21)9-17(15)22;/h5-6,9-13H,7-8H2,1-4H3,(H,23,24,26,29);1H. The number of nitrogens with one attached hydrogen (secondary N) is 1. The van der Waals surface area contributed by atoms with Crippen LogP contribution in [0, 0.1) is 0 Å². The molecule has 0 unspecified atom stereocenters. The summed E-state index contributed by atoms with van der Waals surface area (Å²) < 4.78 is 1.83. The number of anilines is 1. The molecule has 1 amide bonds. The average Bonchev–Trinajstić information content (AvgIpc) is 3.05. The van der Waals surface area contributed by atoms with E-state index in [1.54, 1.807) is 18.3 Å². The van der Waals surface area contributed by atoms with Crippen LogP contribution < -0.4 is 5.32 Å². The molecule has 0 aliphatic rings. The zero-order chi connectivity index (χ0) is 21.1. The number of halogens is 3. The van der Waals surface area contributed by atoms with Gasteiger partial charge in [0.05, 0.1) is 28.7 Å². The van der Waals surface area contributed by atoms with E-state index in [0.717, 1.165) is 6.54 Å². The maximum absolute atomic E-state index is 12.6. The Labute approximate surface area is 192 Å². The molecule has 0 spiro atoms. The Balaban J connectivity index is 0.00000320. The van der Waals surface area contributed by atoms with Crippen LogP contribution >= 0.6 is 35.6 Å². The van der Waals surface area contributed by atoms with Crippen LogP contribution in [-0.4, -0.2) is 49.2 Å². The number of carbonyl (C=O) groups excluding carboxylic acids is 1. The van der Waals surface area contributed by atoms with E-state index in [4.69, 9.17) is 23.2 Å². The van der Waals surface area contributed by atoms with Gasteiger partial charge in [0.1, 0.15) is 12.1 Å². The van der Waals surface area contributed by atoms with Crippen molar-refractivity contribution < 1.29 is 4.79 Å². The van der Waals surface area contributed by atoms with Crippen molar-refractivity contribution in [3.63, 3.8) is 0 Å². The summed E-state index contributed by atoms with van der Waals surface area (Å²) in [5.41, 5.74) is 0.990. The van der Waals surface area contributed by atoms with Crippen LogP contribution in [-0.2, 0) is 6.54 Å². The first-order valence-electron chi connectivity index (χ1n) is 9.46. The van der Waals surface area contributed by atoms with Crippen molar-refractivity contribution in [2.24, 2.45) is 0 Å². The number of aromatic nitrogens is 4. The Morgan fingerprint density at radius 2 is 1.87 bits per heavy atom. The minimum Gasteiger partial charge on any atom is -0.306 e. The summed E-state index contributed by atoms with van der Waals surface area (Å²) in [4.78, 5) is 23.6.